The number of hydrogen-bond acceptors (Lipinski definition) is 3. The summed E-state index contributed by atoms with van der Waals surface area (Å²) in [7, 11) is 2.16. The Morgan fingerprint density at radius 1 is 1.35 bits per heavy atom. The SMILES string of the molecule is Cc1ccccc1C(=O)OC1=CCC2CCN(C)C2C1. The number of ether oxygens (including phenoxy) is 1. The molecule has 2 aliphatic rings. The highest BCUT2D eigenvalue weighted by molar-refractivity contribution is 5.91. The monoisotopic (exact) mass is 271 g/mol. The molecule has 106 valence electrons. The van der Waals surface area contributed by atoms with Gasteiger partial charge in [-0.25, -0.2) is 4.79 Å². The predicted octanol–water partition coefficient (Wildman–Crippen LogP) is 3.15. The van der Waals surface area contributed by atoms with E-state index in [1.165, 1.54) is 6.42 Å². The van der Waals surface area contributed by atoms with E-state index in [0.29, 0.717) is 11.6 Å². The molecule has 1 aliphatic heterocycles. The minimum Gasteiger partial charge on any atom is -0.428 e. The molecule has 2 atom stereocenters. The molecule has 0 N–H and O–H groups in total. The molecule has 1 saturated heterocycles. The van der Waals surface area contributed by atoms with Crippen molar-refractivity contribution in [2.75, 3.05) is 13.6 Å². The molecule has 0 bridgehead atoms. The van der Waals surface area contributed by atoms with Crippen molar-refractivity contribution in [2.24, 2.45) is 5.92 Å². The molecule has 3 heteroatoms. The Bertz CT molecular complexity index is 550. The van der Waals surface area contributed by atoms with E-state index < -0.39 is 0 Å². The first-order valence-corrected chi connectivity index (χ1v) is 7.32. The minimum absolute atomic E-state index is 0.228. The van der Waals surface area contributed by atoms with E-state index in [9.17, 15) is 4.79 Å². The molecule has 1 fully saturated rings. The average molecular weight is 271 g/mol. The van der Waals surface area contributed by atoms with Crippen molar-refractivity contribution in [2.45, 2.75) is 32.2 Å². The number of carbonyl (C=O) groups excluding carboxylic acids is 1. The lowest BCUT2D eigenvalue weighted by atomic mass is 9.89. The summed E-state index contributed by atoms with van der Waals surface area (Å²) in [6, 6.07) is 8.11. The number of allylic oxidation sites excluding steroid dienone is 1. The summed E-state index contributed by atoms with van der Waals surface area (Å²) in [6.45, 7) is 3.09. The number of nitrogens with zero attached hydrogens (tertiary/aromatic N) is 1. The zero-order valence-electron chi connectivity index (χ0n) is 12.1. The van der Waals surface area contributed by atoms with Crippen LogP contribution in [0.2, 0.25) is 0 Å². The average Bonchev–Trinajstić information content (AvgIpc) is 2.81. The first-order valence-electron chi connectivity index (χ1n) is 7.32. The summed E-state index contributed by atoms with van der Waals surface area (Å²) in [5, 5.41) is 0. The van der Waals surface area contributed by atoms with Crippen LogP contribution in [0.15, 0.2) is 36.1 Å². The number of carbonyl (C=O) groups is 1. The van der Waals surface area contributed by atoms with Crippen LogP contribution < -0.4 is 0 Å². The van der Waals surface area contributed by atoms with Gasteiger partial charge in [0.05, 0.1) is 5.56 Å². The number of benzene rings is 1. The van der Waals surface area contributed by atoms with Crippen LogP contribution in [0.5, 0.6) is 0 Å². The Balaban J connectivity index is 1.70. The number of fused-ring (bicyclic) bond motifs is 1. The molecule has 3 nitrogen and oxygen atoms in total. The lowest BCUT2D eigenvalue weighted by Crippen LogP contribution is -2.32. The van der Waals surface area contributed by atoms with Crippen molar-refractivity contribution in [1.82, 2.24) is 4.90 Å². The van der Waals surface area contributed by atoms with Crippen LogP contribution in [0, 0.1) is 12.8 Å². The fourth-order valence-electron chi connectivity index (χ4n) is 3.32. The highest BCUT2D eigenvalue weighted by atomic mass is 16.5. The van der Waals surface area contributed by atoms with Crippen molar-refractivity contribution in [1.29, 1.82) is 0 Å². The van der Waals surface area contributed by atoms with E-state index in [4.69, 9.17) is 4.74 Å². The van der Waals surface area contributed by atoms with E-state index in [0.717, 1.165) is 36.6 Å². The summed E-state index contributed by atoms with van der Waals surface area (Å²) in [5.74, 6) is 1.35. The molecule has 2 unspecified atom stereocenters. The molecule has 1 heterocycles. The number of esters is 1. The number of hydrogen-bond donors (Lipinski definition) is 0. The molecule has 0 amide bonds. The van der Waals surface area contributed by atoms with Gasteiger partial charge >= 0.3 is 5.97 Å². The van der Waals surface area contributed by atoms with Crippen LogP contribution in [0.3, 0.4) is 0 Å². The summed E-state index contributed by atoms with van der Waals surface area (Å²) < 4.78 is 5.61. The van der Waals surface area contributed by atoms with Gasteiger partial charge in [-0.15, -0.1) is 0 Å². The summed E-state index contributed by atoms with van der Waals surface area (Å²) in [4.78, 5) is 14.6. The van der Waals surface area contributed by atoms with Gasteiger partial charge in [0.1, 0.15) is 5.76 Å². The zero-order chi connectivity index (χ0) is 14.1. The molecular formula is C17H21NO2. The Morgan fingerprint density at radius 3 is 2.95 bits per heavy atom. The van der Waals surface area contributed by atoms with Crippen molar-refractivity contribution in [3.05, 3.63) is 47.2 Å². The summed E-state index contributed by atoms with van der Waals surface area (Å²) >= 11 is 0. The normalized spacial score (nSPS) is 26.0. The fourth-order valence-corrected chi connectivity index (χ4v) is 3.32. The molecule has 1 aliphatic carbocycles. The van der Waals surface area contributed by atoms with Gasteiger partial charge in [-0.3, -0.25) is 0 Å². The van der Waals surface area contributed by atoms with E-state index in [1.54, 1.807) is 0 Å². The van der Waals surface area contributed by atoms with E-state index in [2.05, 4.69) is 18.0 Å². The molecule has 0 radical (unpaired) electrons. The van der Waals surface area contributed by atoms with Gasteiger partial charge in [0.15, 0.2) is 0 Å². The summed E-state index contributed by atoms with van der Waals surface area (Å²) in [5.41, 5.74) is 1.63. The van der Waals surface area contributed by atoms with E-state index >= 15 is 0 Å². The minimum atomic E-state index is -0.228. The Hall–Kier alpha value is -1.61. The van der Waals surface area contributed by atoms with Crippen LogP contribution in [0.1, 0.15) is 35.2 Å². The van der Waals surface area contributed by atoms with Crippen LogP contribution in [0.4, 0.5) is 0 Å². The van der Waals surface area contributed by atoms with Crippen LogP contribution >= 0.6 is 0 Å². The third-order valence-corrected chi connectivity index (χ3v) is 4.61. The van der Waals surface area contributed by atoms with Crippen LogP contribution in [-0.2, 0) is 4.74 Å². The lowest BCUT2D eigenvalue weighted by Gasteiger charge is -2.28. The Morgan fingerprint density at radius 2 is 2.15 bits per heavy atom. The van der Waals surface area contributed by atoms with Gasteiger partial charge in [-0.05, 0) is 57.0 Å². The maximum atomic E-state index is 12.2. The van der Waals surface area contributed by atoms with Gasteiger partial charge in [0.25, 0.3) is 0 Å². The Kier molecular flexibility index (Phi) is 3.62. The van der Waals surface area contributed by atoms with Crippen molar-refractivity contribution < 1.29 is 9.53 Å². The van der Waals surface area contributed by atoms with Crippen molar-refractivity contribution in [3.8, 4) is 0 Å². The molecule has 0 saturated carbocycles. The summed E-state index contributed by atoms with van der Waals surface area (Å²) in [6.07, 6.45) is 5.26. The van der Waals surface area contributed by atoms with Gasteiger partial charge in [-0.1, -0.05) is 18.2 Å². The highest BCUT2D eigenvalue weighted by Crippen LogP contribution is 2.35. The second kappa shape index (κ2) is 5.41. The number of likely N-dealkylation sites (tertiary alicyclic amines) is 1. The smallest absolute Gasteiger partial charge is 0.343 e. The van der Waals surface area contributed by atoms with E-state index in [-0.39, 0.29) is 5.97 Å². The van der Waals surface area contributed by atoms with Crippen LogP contribution in [-0.4, -0.2) is 30.5 Å². The van der Waals surface area contributed by atoms with Gasteiger partial charge in [0, 0.05) is 12.5 Å². The standard InChI is InChI=1S/C17H21NO2/c1-12-5-3-4-6-15(12)17(19)20-14-8-7-13-9-10-18(2)16(13)11-14/h3-6,8,13,16H,7,9-11H2,1-2H3. The van der Waals surface area contributed by atoms with Gasteiger partial charge < -0.3 is 9.64 Å². The lowest BCUT2D eigenvalue weighted by molar-refractivity contribution is 0.0586. The molecule has 1 aromatic carbocycles. The molecular weight excluding hydrogens is 250 g/mol. The molecule has 3 rings (SSSR count). The second-order valence-electron chi connectivity index (χ2n) is 5.91. The van der Waals surface area contributed by atoms with E-state index in [1.807, 2.05) is 31.2 Å². The largest absolute Gasteiger partial charge is 0.428 e. The predicted molar refractivity (Wildman–Crippen MR) is 78.4 cm³/mol. The Labute approximate surface area is 120 Å². The van der Waals surface area contributed by atoms with Gasteiger partial charge in [-0.2, -0.15) is 0 Å². The molecule has 0 aromatic heterocycles. The van der Waals surface area contributed by atoms with Crippen LogP contribution in [0.25, 0.3) is 0 Å². The quantitative estimate of drug-likeness (QED) is 0.774. The first kappa shape index (κ1) is 13.4. The topological polar surface area (TPSA) is 29.5 Å². The number of aryl methyl sites for hydroxylation is 1. The highest BCUT2D eigenvalue weighted by Gasteiger charge is 2.35. The first-order chi connectivity index (χ1) is 9.65. The third-order valence-electron chi connectivity index (χ3n) is 4.61. The van der Waals surface area contributed by atoms with Crippen molar-refractivity contribution >= 4 is 5.97 Å². The maximum absolute atomic E-state index is 12.2. The maximum Gasteiger partial charge on any atom is 0.343 e. The zero-order valence-corrected chi connectivity index (χ0v) is 12.1. The third kappa shape index (κ3) is 2.50. The van der Waals surface area contributed by atoms with Crippen molar-refractivity contribution in [3.63, 3.8) is 0 Å². The molecule has 0 spiro atoms. The number of rotatable bonds is 2. The molecule has 1 aromatic rings. The second-order valence-corrected chi connectivity index (χ2v) is 5.91. The molecule has 20 heavy (non-hydrogen) atoms. The van der Waals surface area contributed by atoms with Gasteiger partial charge in [0.2, 0.25) is 0 Å². The fraction of sp³-hybridized carbons (Fsp3) is 0.471.